The van der Waals surface area contributed by atoms with Crippen LogP contribution in [0.25, 0.3) is 0 Å². The fraction of sp³-hybridized carbons (Fsp3) is 0.125. The molecule has 0 radical (unpaired) electrons. The van der Waals surface area contributed by atoms with Crippen molar-refractivity contribution < 1.29 is 14.7 Å². The third kappa shape index (κ3) is 3.90. The molecule has 0 aliphatic carbocycles. The minimum atomic E-state index is -0.781. The molecule has 0 aromatic heterocycles. The number of carbonyl (C=O) groups excluding carboxylic acids is 2. The lowest BCUT2D eigenvalue weighted by Gasteiger charge is -2.09. The van der Waals surface area contributed by atoms with Crippen molar-refractivity contribution >= 4 is 23.2 Å². The lowest BCUT2D eigenvalue weighted by atomic mass is 10.2. The van der Waals surface area contributed by atoms with E-state index in [1.807, 2.05) is 19.1 Å². The van der Waals surface area contributed by atoms with E-state index in [0.29, 0.717) is 16.9 Å². The summed E-state index contributed by atoms with van der Waals surface area (Å²) in [6.07, 6.45) is 0. The molecular formula is C16H16N2O3. The zero-order chi connectivity index (χ0) is 15.2. The van der Waals surface area contributed by atoms with Crippen LogP contribution in [0.1, 0.15) is 11.1 Å². The number of carbonyl (C=O) groups is 2. The number of amides is 2. The Kier molecular flexibility index (Phi) is 4.68. The zero-order valence-electron chi connectivity index (χ0n) is 11.6. The molecule has 2 rings (SSSR count). The van der Waals surface area contributed by atoms with Gasteiger partial charge in [-0.15, -0.1) is 0 Å². The van der Waals surface area contributed by atoms with Gasteiger partial charge in [-0.1, -0.05) is 35.9 Å². The second-order valence-corrected chi connectivity index (χ2v) is 4.59. The summed E-state index contributed by atoms with van der Waals surface area (Å²) < 4.78 is 0. The molecule has 0 aliphatic heterocycles. The van der Waals surface area contributed by atoms with Crippen LogP contribution in [0.3, 0.4) is 0 Å². The first-order chi connectivity index (χ1) is 10.1. The topological polar surface area (TPSA) is 78.4 Å². The SMILES string of the molecule is Cc1ccc(NC(=O)C(=O)Nc2ccccc2CO)cc1. The molecule has 0 bridgehead atoms. The van der Waals surface area contributed by atoms with Gasteiger partial charge in [0.05, 0.1) is 6.61 Å². The number of aliphatic hydroxyl groups excluding tert-OH is 1. The van der Waals surface area contributed by atoms with Crippen LogP contribution in [0, 0.1) is 6.92 Å². The van der Waals surface area contributed by atoms with Gasteiger partial charge in [0.1, 0.15) is 0 Å². The van der Waals surface area contributed by atoms with Crippen LogP contribution in [-0.4, -0.2) is 16.9 Å². The predicted molar refractivity (Wildman–Crippen MR) is 80.8 cm³/mol. The lowest BCUT2D eigenvalue weighted by Crippen LogP contribution is -2.29. The van der Waals surface area contributed by atoms with Gasteiger partial charge in [0, 0.05) is 16.9 Å². The smallest absolute Gasteiger partial charge is 0.314 e. The quantitative estimate of drug-likeness (QED) is 0.755. The third-order valence-corrected chi connectivity index (χ3v) is 2.95. The van der Waals surface area contributed by atoms with Crippen molar-refractivity contribution in [1.82, 2.24) is 0 Å². The Balaban J connectivity index is 2.02. The van der Waals surface area contributed by atoms with Crippen molar-refractivity contribution in [2.24, 2.45) is 0 Å². The summed E-state index contributed by atoms with van der Waals surface area (Å²) in [6.45, 7) is 1.72. The number of hydrogen-bond acceptors (Lipinski definition) is 3. The van der Waals surface area contributed by atoms with Gasteiger partial charge in [-0.25, -0.2) is 0 Å². The molecular weight excluding hydrogens is 268 g/mol. The van der Waals surface area contributed by atoms with Gasteiger partial charge in [-0.2, -0.15) is 0 Å². The van der Waals surface area contributed by atoms with Crippen LogP contribution in [0.4, 0.5) is 11.4 Å². The number of aliphatic hydroxyl groups is 1. The summed E-state index contributed by atoms with van der Waals surface area (Å²) in [6, 6.07) is 13.9. The molecule has 0 unspecified atom stereocenters. The molecule has 0 fully saturated rings. The minimum absolute atomic E-state index is 0.212. The minimum Gasteiger partial charge on any atom is -0.392 e. The molecule has 2 amide bonds. The van der Waals surface area contributed by atoms with Crippen LogP contribution in [-0.2, 0) is 16.2 Å². The van der Waals surface area contributed by atoms with Crippen molar-refractivity contribution in [3.05, 3.63) is 59.7 Å². The number of anilines is 2. The molecule has 108 valence electrons. The third-order valence-electron chi connectivity index (χ3n) is 2.95. The number of rotatable bonds is 3. The molecule has 0 atom stereocenters. The molecule has 5 heteroatoms. The van der Waals surface area contributed by atoms with Crippen LogP contribution in [0.15, 0.2) is 48.5 Å². The summed E-state index contributed by atoms with van der Waals surface area (Å²) in [4.78, 5) is 23.7. The van der Waals surface area contributed by atoms with Crippen LogP contribution >= 0.6 is 0 Å². The number of nitrogens with one attached hydrogen (secondary N) is 2. The van der Waals surface area contributed by atoms with E-state index in [-0.39, 0.29) is 6.61 Å². The fourth-order valence-electron chi connectivity index (χ4n) is 1.78. The highest BCUT2D eigenvalue weighted by Crippen LogP contribution is 2.15. The van der Waals surface area contributed by atoms with Crippen molar-refractivity contribution in [3.8, 4) is 0 Å². The normalized spacial score (nSPS) is 10.0. The summed E-state index contributed by atoms with van der Waals surface area (Å²) >= 11 is 0. The average molecular weight is 284 g/mol. The zero-order valence-corrected chi connectivity index (χ0v) is 11.6. The van der Waals surface area contributed by atoms with Crippen LogP contribution in [0.5, 0.6) is 0 Å². The van der Waals surface area contributed by atoms with E-state index in [1.54, 1.807) is 36.4 Å². The van der Waals surface area contributed by atoms with E-state index >= 15 is 0 Å². The van der Waals surface area contributed by atoms with E-state index < -0.39 is 11.8 Å². The lowest BCUT2D eigenvalue weighted by molar-refractivity contribution is -0.133. The van der Waals surface area contributed by atoms with Crippen LogP contribution in [0.2, 0.25) is 0 Å². The first kappa shape index (κ1) is 14.7. The fourth-order valence-corrected chi connectivity index (χ4v) is 1.78. The molecule has 5 nitrogen and oxygen atoms in total. The van der Waals surface area contributed by atoms with E-state index in [1.165, 1.54) is 0 Å². The van der Waals surface area contributed by atoms with Gasteiger partial charge < -0.3 is 15.7 Å². The van der Waals surface area contributed by atoms with Crippen molar-refractivity contribution in [3.63, 3.8) is 0 Å². The Labute approximate surface area is 122 Å². The summed E-state index contributed by atoms with van der Waals surface area (Å²) in [5, 5.41) is 14.2. The Morgan fingerprint density at radius 2 is 1.57 bits per heavy atom. The van der Waals surface area contributed by atoms with Crippen molar-refractivity contribution in [2.45, 2.75) is 13.5 Å². The Bertz CT molecular complexity index is 651. The summed E-state index contributed by atoms with van der Waals surface area (Å²) in [5.41, 5.74) is 2.59. The standard InChI is InChI=1S/C16H16N2O3/c1-11-6-8-13(9-7-11)17-15(20)16(21)18-14-5-3-2-4-12(14)10-19/h2-9,19H,10H2,1H3,(H,17,20)(H,18,21). The Hall–Kier alpha value is -2.66. The second kappa shape index (κ2) is 6.67. The van der Waals surface area contributed by atoms with Gasteiger partial charge in [0.25, 0.3) is 0 Å². The van der Waals surface area contributed by atoms with E-state index in [4.69, 9.17) is 0 Å². The highest BCUT2D eigenvalue weighted by molar-refractivity contribution is 6.43. The first-order valence-electron chi connectivity index (χ1n) is 6.48. The maximum absolute atomic E-state index is 11.8. The monoisotopic (exact) mass is 284 g/mol. The molecule has 21 heavy (non-hydrogen) atoms. The molecule has 2 aromatic rings. The van der Waals surface area contributed by atoms with Gasteiger partial charge in [-0.3, -0.25) is 9.59 Å². The summed E-state index contributed by atoms with van der Waals surface area (Å²) in [5.74, 6) is -1.54. The van der Waals surface area contributed by atoms with E-state index in [0.717, 1.165) is 5.56 Å². The number of hydrogen-bond donors (Lipinski definition) is 3. The van der Waals surface area contributed by atoms with E-state index in [9.17, 15) is 14.7 Å². The number of aryl methyl sites for hydroxylation is 1. The molecule has 0 heterocycles. The molecule has 0 saturated carbocycles. The first-order valence-corrected chi connectivity index (χ1v) is 6.48. The molecule has 0 aliphatic rings. The van der Waals surface area contributed by atoms with Crippen LogP contribution < -0.4 is 10.6 Å². The van der Waals surface area contributed by atoms with Gasteiger partial charge >= 0.3 is 11.8 Å². The largest absolute Gasteiger partial charge is 0.392 e. The molecule has 0 spiro atoms. The Morgan fingerprint density at radius 3 is 2.24 bits per heavy atom. The van der Waals surface area contributed by atoms with Crippen molar-refractivity contribution in [1.29, 1.82) is 0 Å². The summed E-state index contributed by atoms with van der Waals surface area (Å²) in [7, 11) is 0. The second-order valence-electron chi connectivity index (χ2n) is 4.59. The predicted octanol–water partition coefficient (Wildman–Crippen LogP) is 2.06. The molecule has 0 saturated heterocycles. The van der Waals surface area contributed by atoms with Gasteiger partial charge in [0.15, 0.2) is 0 Å². The molecule has 2 aromatic carbocycles. The van der Waals surface area contributed by atoms with Gasteiger partial charge in [-0.05, 0) is 25.1 Å². The Morgan fingerprint density at radius 1 is 0.952 bits per heavy atom. The maximum Gasteiger partial charge on any atom is 0.314 e. The highest BCUT2D eigenvalue weighted by atomic mass is 16.3. The average Bonchev–Trinajstić information content (AvgIpc) is 2.50. The number of benzene rings is 2. The maximum atomic E-state index is 11.8. The highest BCUT2D eigenvalue weighted by Gasteiger charge is 2.15. The van der Waals surface area contributed by atoms with Crippen molar-refractivity contribution in [2.75, 3.05) is 10.6 Å². The van der Waals surface area contributed by atoms with Gasteiger partial charge in [0.2, 0.25) is 0 Å². The number of para-hydroxylation sites is 1. The van der Waals surface area contributed by atoms with E-state index in [2.05, 4.69) is 10.6 Å². The molecule has 3 N–H and O–H groups in total.